The first kappa shape index (κ1) is 16.2. The van der Waals surface area contributed by atoms with Crippen LogP contribution >= 0.6 is 11.3 Å². The lowest BCUT2D eigenvalue weighted by molar-refractivity contribution is 0.866. The van der Waals surface area contributed by atoms with Crippen molar-refractivity contribution in [3.63, 3.8) is 0 Å². The van der Waals surface area contributed by atoms with Crippen LogP contribution in [0.4, 0.5) is 5.69 Å². The van der Waals surface area contributed by atoms with E-state index in [0.29, 0.717) is 5.57 Å². The van der Waals surface area contributed by atoms with E-state index in [1.54, 1.807) is 11.3 Å². The van der Waals surface area contributed by atoms with Gasteiger partial charge in [0.25, 0.3) is 0 Å². The second-order valence-corrected chi connectivity index (χ2v) is 6.45. The normalized spacial score (nSPS) is 11.5. The van der Waals surface area contributed by atoms with Gasteiger partial charge >= 0.3 is 0 Å². The second kappa shape index (κ2) is 7.29. The summed E-state index contributed by atoms with van der Waals surface area (Å²) in [5.41, 5.74) is 3.76. The lowest BCUT2D eigenvalue weighted by Gasteiger charge is -2.20. The monoisotopic (exact) mass is 333 g/mol. The zero-order valence-corrected chi connectivity index (χ0v) is 14.7. The number of nitrogens with zero attached hydrogens (tertiary/aromatic N) is 3. The third-order valence-electron chi connectivity index (χ3n) is 3.98. The van der Waals surface area contributed by atoms with Crippen LogP contribution in [0.2, 0.25) is 0 Å². The van der Waals surface area contributed by atoms with E-state index < -0.39 is 0 Å². The smallest absolute Gasteiger partial charge is 0.135 e. The maximum atomic E-state index is 9.53. The molecule has 0 saturated heterocycles. The number of allylic oxidation sites excluding steroid dienone is 1. The molecule has 3 rings (SSSR count). The molecule has 24 heavy (non-hydrogen) atoms. The Morgan fingerprint density at radius 2 is 1.83 bits per heavy atom. The SMILES string of the molecule is CCN(CC)c1ccc(/C=C(/C#N)c2nc3ccccc3s2)cc1. The third-order valence-corrected chi connectivity index (χ3v) is 5.05. The Morgan fingerprint density at radius 1 is 1.12 bits per heavy atom. The fraction of sp³-hybridized carbons (Fsp3) is 0.200. The highest BCUT2D eigenvalue weighted by molar-refractivity contribution is 7.19. The van der Waals surface area contributed by atoms with Gasteiger partial charge in [-0.3, -0.25) is 0 Å². The first-order valence-electron chi connectivity index (χ1n) is 8.08. The van der Waals surface area contributed by atoms with Crippen molar-refractivity contribution in [3.05, 3.63) is 59.1 Å². The molecule has 0 radical (unpaired) electrons. The van der Waals surface area contributed by atoms with Crippen molar-refractivity contribution in [2.24, 2.45) is 0 Å². The molecule has 0 fully saturated rings. The quantitative estimate of drug-likeness (QED) is 0.602. The predicted octanol–water partition coefficient (Wildman–Crippen LogP) is 5.21. The van der Waals surface area contributed by atoms with Gasteiger partial charge in [-0.05, 0) is 49.8 Å². The summed E-state index contributed by atoms with van der Waals surface area (Å²) in [6, 6.07) is 18.6. The van der Waals surface area contributed by atoms with Gasteiger partial charge in [0, 0.05) is 18.8 Å². The molecule has 2 aromatic carbocycles. The van der Waals surface area contributed by atoms with Crippen LogP contribution in [0.5, 0.6) is 0 Å². The molecule has 0 bridgehead atoms. The van der Waals surface area contributed by atoms with E-state index in [-0.39, 0.29) is 0 Å². The number of benzene rings is 2. The van der Waals surface area contributed by atoms with Gasteiger partial charge < -0.3 is 4.90 Å². The molecule has 120 valence electrons. The molecule has 0 saturated carbocycles. The summed E-state index contributed by atoms with van der Waals surface area (Å²) in [6.45, 7) is 6.28. The summed E-state index contributed by atoms with van der Waals surface area (Å²) in [6.07, 6.45) is 1.91. The van der Waals surface area contributed by atoms with Crippen LogP contribution < -0.4 is 4.90 Å². The van der Waals surface area contributed by atoms with Gasteiger partial charge in [-0.15, -0.1) is 11.3 Å². The molecule has 0 atom stereocenters. The molecule has 0 unspecified atom stereocenters. The lowest BCUT2D eigenvalue weighted by Crippen LogP contribution is -2.21. The molecule has 4 heteroatoms. The Balaban J connectivity index is 1.91. The fourth-order valence-corrected chi connectivity index (χ4v) is 3.60. The van der Waals surface area contributed by atoms with Crippen molar-refractivity contribution in [2.75, 3.05) is 18.0 Å². The number of fused-ring (bicyclic) bond motifs is 1. The van der Waals surface area contributed by atoms with Crippen LogP contribution in [0.3, 0.4) is 0 Å². The molecule has 0 spiro atoms. The van der Waals surface area contributed by atoms with Crippen molar-refractivity contribution >= 4 is 38.9 Å². The Bertz CT molecular complexity index is 864. The summed E-state index contributed by atoms with van der Waals surface area (Å²) >= 11 is 1.55. The van der Waals surface area contributed by atoms with Gasteiger partial charge in [-0.2, -0.15) is 5.26 Å². The lowest BCUT2D eigenvalue weighted by atomic mass is 10.1. The molecule has 0 aliphatic carbocycles. The fourth-order valence-electron chi connectivity index (χ4n) is 2.67. The minimum Gasteiger partial charge on any atom is -0.372 e. The summed E-state index contributed by atoms with van der Waals surface area (Å²) < 4.78 is 1.10. The highest BCUT2D eigenvalue weighted by atomic mass is 32.1. The van der Waals surface area contributed by atoms with Crippen LogP contribution in [0, 0.1) is 11.3 Å². The average molecular weight is 333 g/mol. The average Bonchev–Trinajstić information content (AvgIpc) is 3.06. The molecule has 1 heterocycles. The highest BCUT2D eigenvalue weighted by Gasteiger charge is 2.08. The third kappa shape index (κ3) is 3.32. The maximum absolute atomic E-state index is 9.53. The number of hydrogen-bond acceptors (Lipinski definition) is 4. The minimum absolute atomic E-state index is 0.604. The van der Waals surface area contributed by atoms with Gasteiger partial charge in [0.05, 0.1) is 15.8 Å². The summed E-state index contributed by atoms with van der Waals surface area (Å²) in [4.78, 5) is 6.87. The Hall–Kier alpha value is -2.64. The van der Waals surface area contributed by atoms with E-state index in [0.717, 1.165) is 33.9 Å². The van der Waals surface area contributed by atoms with Gasteiger partial charge in [0.15, 0.2) is 0 Å². The highest BCUT2D eigenvalue weighted by Crippen LogP contribution is 2.28. The largest absolute Gasteiger partial charge is 0.372 e. The van der Waals surface area contributed by atoms with Crippen molar-refractivity contribution in [1.29, 1.82) is 5.26 Å². The molecule has 0 N–H and O–H groups in total. The topological polar surface area (TPSA) is 39.9 Å². The van der Waals surface area contributed by atoms with Crippen LogP contribution in [-0.4, -0.2) is 18.1 Å². The first-order chi connectivity index (χ1) is 11.7. The Morgan fingerprint density at radius 3 is 2.46 bits per heavy atom. The van der Waals surface area contributed by atoms with Gasteiger partial charge in [0.2, 0.25) is 0 Å². The summed E-state index contributed by atoms with van der Waals surface area (Å²) in [5, 5.41) is 10.3. The Labute approximate surface area is 146 Å². The van der Waals surface area contributed by atoms with E-state index in [9.17, 15) is 5.26 Å². The first-order valence-corrected chi connectivity index (χ1v) is 8.89. The van der Waals surface area contributed by atoms with E-state index in [1.165, 1.54) is 5.69 Å². The summed E-state index contributed by atoms with van der Waals surface area (Å²) in [5.74, 6) is 0. The van der Waals surface area contributed by atoms with Crippen LogP contribution in [0.25, 0.3) is 21.9 Å². The van der Waals surface area contributed by atoms with Crippen LogP contribution in [0.15, 0.2) is 48.5 Å². The van der Waals surface area contributed by atoms with E-state index in [4.69, 9.17) is 0 Å². The zero-order valence-electron chi connectivity index (χ0n) is 13.9. The molecule has 0 aliphatic heterocycles. The molecular weight excluding hydrogens is 314 g/mol. The van der Waals surface area contributed by atoms with E-state index in [1.807, 2.05) is 30.3 Å². The minimum atomic E-state index is 0.604. The van der Waals surface area contributed by atoms with Crippen LogP contribution in [-0.2, 0) is 0 Å². The molecule has 0 amide bonds. The second-order valence-electron chi connectivity index (χ2n) is 5.42. The standard InChI is InChI=1S/C20H19N3S/c1-3-23(4-2)17-11-9-15(10-12-17)13-16(14-21)20-22-18-7-5-6-8-19(18)24-20/h5-13H,3-4H2,1-2H3/b16-13-. The number of anilines is 1. The number of para-hydroxylation sites is 1. The molecule has 3 nitrogen and oxygen atoms in total. The van der Waals surface area contributed by atoms with Crippen molar-refractivity contribution < 1.29 is 0 Å². The van der Waals surface area contributed by atoms with Crippen molar-refractivity contribution in [3.8, 4) is 6.07 Å². The van der Waals surface area contributed by atoms with Crippen LogP contribution in [0.1, 0.15) is 24.4 Å². The number of aromatic nitrogens is 1. The van der Waals surface area contributed by atoms with Crippen molar-refractivity contribution in [2.45, 2.75) is 13.8 Å². The van der Waals surface area contributed by atoms with Gasteiger partial charge in [-0.25, -0.2) is 4.98 Å². The zero-order chi connectivity index (χ0) is 16.9. The van der Waals surface area contributed by atoms with Gasteiger partial charge in [-0.1, -0.05) is 24.3 Å². The molecule has 0 aliphatic rings. The number of thiazole rings is 1. The molecular formula is C20H19N3S. The van der Waals surface area contributed by atoms with E-state index >= 15 is 0 Å². The Kier molecular flexibility index (Phi) is 4.93. The number of rotatable bonds is 5. The predicted molar refractivity (Wildman–Crippen MR) is 103 cm³/mol. The maximum Gasteiger partial charge on any atom is 0.135 e. The van der Waals surface area contributed by atoms with Crippen molar-refractivity contribution in [1.82, 2.24) is 4.98 Å². The summed E-state index contributed by atoms with van der Waals surface area (Å²) in [7, 11) is 0. The van der Waals surface area contributed by atoms with Gasteiger partial charge in [0.1, 0.15) is 11.1 Å². The number of hydrogen-bond donors (Lipinski definition) is 0. The number of nitriles is 1. The van der Waals surface area contributed by atoms with E-state index in [2.05, 4.69) is 54.1 Å². The molecule has 3 aromatic rings. The molecule has 1 aromatic heterocycles.